The molecule has 0 fully saturated rings. The Morgan fingerprint density at radius 3 is 2.33 bits per heavy atom. The van der Waals surface area contributed by atoms with Crippen LogP contribution in [0.2, 0.25) is 5.02 Å². The first-order chi connectivity index (χ1) is 9.92. The molecular formula is C14H6ClF3N2O. The van der Waals surface area contributed by atoms with E-state index in [0.29, 0.717) is 12.1 Å². The number of anilines is 1. The van der Waals surface area contributed by atoms with E-state index in [4.69, 9.17) is 16.9 Å². The van der Waals surface area contributed by atoms with Gasteiger partial charge in [-0.25, -0.2) is 13.2 Å². The lowest BCUT2D eigenvalue weighted by Crippen LogP contribution is -2.13. The summed E-state index contributed by atoms with van der Waals surface area (Å²) in [4.78, 5) is 11.8. The summed E-state index contributed by atoms with van der Waals surface area (Å²) in [5.41, 5.74) is -0.0446. The van der Waals surface area contributed by atoms with Crippen LogP contribution in [0, 0.1) is 28.8 Å². The van der Waals surface area contributed by atoms with Gasteiger partial charge in [0.2, 0.25) is 0 Å². The summed E-state index contributed by atoms with van der Waals surface area (Å²) < 4.78 is 38.9. The Bertz CT molecular complexity index is 748. The fraction of sp³-hybridized carbons (Fsp3) is 0. The number of rotatable bonds is 2. The van der Waals surface area contributed by atoms with Crippen molar-refractivity contribution in [2.24, 2.45) is 0 Å². The summed E-state index contributed by atoms with van der Waals surface area (Å²) in [6, 6.07) is 7.08. The number of hydrogen-bond donors (Lipinski definition) is 1. The molecule has 0 spiro atoms. The van der Waals surface area contributed by atoms with Crippen molar-refractivity contribution in [2.45, 2.75) is 0 Å². The fourth-order valence-corrected chi connectivity index (χ4v) is 1.74. The van der Waals surface area contributed by atoms with Gasteiger partial charge in [-0.1, -0.05) is 11.6 Å². The van der Waals surface area contributed by atoms with Crippen LogP contribution < -0.4 is 5.32 Å². The Balaban J connectivity index is 2.28. The van der Waals surface area contributed by atoms with Gasteiger partial charge in [0.25, 0.3) is 5.91 Å². The van der Waals surface area contributed by atoms with E-state index in [-0.39, 0.29) is 21.8 Å². The third kappa shape index (κ3) is 3.15. The topological polar surface area (TPSA) is 52.9 Å². The van der Waals surface area contributed by atoms with E-state index in [0.717, 1.165) is 0 Å². The zero-order chi connectivity index (χ0) is 15.6. The fourth-order valence-electron chi connectivity index (χ4n) is 1.58. The molecule has 1 N–H and O–H groups in total. The molecule has 0 saturated heterocycles. The molecule has 0 heterocycles. The van der Waals surface area contributed by atoms with Gasteiger partial charge in [-0.3, -0.25) is 4.79 Å². The number of hydrogen-bond acceptors (Lipinski definition) is 2. The molecule has 1 amide bonds. The van der Waals surface area contributed by atoms with Crippen molar-refractivity contribution in [3.05, 3.63) is 63.9 Å². The van der Waals surface area contributed by atoms with Gasteiger partial charge in [0.15, 0.2) is 17.5 Å². The summed E-state index contributed by atoms with van der Waals surface area (Å²) in [5, 5.41) is 11.3. The summed E-state index contributed by atoms with van der Waals surface area (Å²) in [6.07, 6.45) is 0. The molecule has 2 aromatic carbocycles. The number of carbonyl (C=O) groups is 1. The van der Waals surface area contributed by atoms with Crippen molar-refractivity contribution in [3.8, 4) is 6.07 Å². The zero-order valence-corrected chi connectivity index (χ0v) is 11.0. The third-order valence-electron chi connectivity index (χ3n) is 2.59. The van der Waals surface area contributed by atoms with Crippen molar-refractivity contribution in [1.29, 1.82) is 5.26 Å². The second kappa shape index (κ2) is 5.85. The maximum atomic E-state index is 13.1. The minimum atomic E-state index is -1.65. The molecule has 0 unspecified atom stereocenters. The van der Waals surface area contributed by atoms with Gasteiger partial charge in [-0.15, -0.1) is 0 Å². The van der Waals surface area contributed by atoms with Gasteiger partial charge < -0.3 is 5.32 Å². The molecule has 21 heavy (non-hydrogen) atoms. The van der Waals surface area contributed by atoms with Gasteiger partial charge in [0.05, 0.1) is 10.6 Å². The van der Waals surface area contributed by atoms with Crippen molar-refractivity contribution in [2.75, 3.05) is 5.32 Å². The average molecular weight is 311 g/mol. The molecule has 7 heteroatoms. The minimum absolute atomic E-state index is 0.130. The van der Waals surface area contributed by atoms with Crippen molar-refractivity contribution < 1.29 is 18.0 Å². The van der Waals surface area contributed by atoms with Gasteiger partial charge in [-0.2, -0.15) is 5.26 Å². The quantitative estimate of drug-likeness (QED) is 0.856. The monoisotopic (exact) mass is 310 g/mol. The van der Waals surface area contributed by atoms with Crippen LogP contribution >= 0.6 is 11.6 Å². The summed E-state index contributed by atoms with van der Waals surface area (Å²) in [6.45, 7) is 0. The van der Waals surface area contributed by atoms with Crippen LogP contribution in [0.4, 0.5) is 18.9 Å². The number of benzene rings is 2. The third-order valence-corrected chi connectivity index (χ3v) is 2.92. The molecule has 0 radical (unpaired) electrons. The van der Waals surface area contributed by atoms with Crippen LogP contribution in [0.1, 0.15) is 15.9 Å². The maximum absolute atomic E-state index is 13.1. The van der Waals surface area contributed by atoms with Gasteiger partial charge in [0, 0.05) is 11.3 Å². The highest BCUT2D eigenvalue weighted by Gasteiger charge is 2.15. The number of amides is 1. The maximum Gasteiger partial charge on any atom is 0.255 e. The molecule has 2 rings (SSSR count). The van der Waals surface area contributed by atoms with Crippen LogP contribution in [-0.4, -0.2) is 5.91 Å². The van der Waals surface area contributed by atoms with E-state index in [9.17, 15) is 18.0 Å². The largest absolute Gasteiger partial charge is 0.322 e. The number of halogens is 4. The van der Waals surface area contributed by atoms with Gasteiger partial charge in [0.1, 0.15) is 6.07 Å². The van der Waals surface area contributed by atoms with E-state index in [1.54, 1.807) is 0 Å². The summed E-state index contributed by atoms with van der Waals surface area (Å²) in [7, 11) is 0. The van der Waals surface area contributed by atoms with Crippen molar-refractivity contribution in [3.63, 3.8) is 0 Å². The Morgan fingerprint density at radius 2 is 1.76 bits per heavy atom. The highest BCUT2D eigenvalue weighted by Crippen LogP contribution is 2.21. The normalized spacial score (nSPS) is 10.0. The second-order valence-electron chi connectivity index (χ2n) is 4.01. The van der Waals surface area contributed by atoms with Crippen molar-refractivity contribution >= 4 is 23.2 Å². The standard InChI is InChI=1S/C14H6ClF3N2O/c15-10-2-1-9(3-8(10)6-19)20-14(21)7-4-11(16)13(18)12(17)5-7/h1-5H,(H,20,21). The average Bonchev–Trinajstić information content (AvgIpc) is 2.46. The SMILES string of the molecule is N#Cc1cc(NC(=O)c2cc(F)c(F)c(F)c2)ccc1Cl. The molecule has 0 bridgehead atoms. The van der Waals surface area contributed by atoms with Gasteiger partial charge >= 0.3 is 0 Å². The number of nitrogens with zero attached hydrogens (tertiary/aromatic N) is 1. The van der Waals surface area contributed by atoms with E-state index in [1.165, 1.54) is 18.2 Å². The molecular weight excluding hydrogens is 305 g/mol. The molecule has 0 aliphatic carbocycles. The molecule has 0 aliphatic heterocycles. The van der Waals surface area contributed by atoms with Crippen LogP contribution in [0.3, 0.4) is 0 Å². The van der Waals surface area contributed by atoms with Crippen LogP contribution in [0.25, 0.3) is 0 Å². The number of nitrogens with one attached hydrogen (secondary N) is 1. The molecule has 0 atom stereocenters. The molecule has 0 saturated carbocycles. The first-order valence-electron chi connectivity index (χ1n) is 5.58. The Labute approximate surface area is 122 Å². The predicted molar refractivity (Wildman–Crippen MR) is 70.4 cm³/mol. The molecule has 0 aliphatic rings. The van der Waals surface area contributed by atoms with Crippen molar-refractivity contribution in [1.82, 2.24) is 0 Å². The Morgan fingerprint density at radius 1 is 1.14 bits per heavy atom. The number of carbonyl (C=O) groups excluding carboxylic acids is 1. The number of nitriles is 1. The lowest BCUT2D eigenvalue weighted by molar-refractivity contribution is 0.102. The molecule has 3 nitrogen and oxygen atoms in total. The van der Waals surface area contributed by atoms with E-state index in [2.05, 4.69) is 5.32 Å². The second-order valence-corrected chi connectivity index (χ2v) is 4.42. The Kier molecular flexibility index (Phi) is 4.15. The summed E-state index contributed by atoms with van der Waals surface area (Å²) in [5.74, 6) is -5.42. The molecule has 106 valence electrons. The van der Waals surface area contributed by atoms with Crippen LogP contribution in [-0.2, 0) is 0 Å². The smallest absolute Gasteiger partial charge is 0.255 e. The lowest BCUT2D eigenvalue weighted by Gasteiger charge is -2.07. The first-order valence-corrected chi connectivity index (χ1v) is 5.95. The van der Waals surface area contributed by atoms with Gasteiger partial charge in [-0.05, 0) is 30.3 Å². The molecule has 2 aromatic rings. The van der Waals surface area contributed by atoms with Crippen LogP contribution in [0.5, 0.6) is 0 Å². The molecule has 0 aromatic heterocycles. The highest BCUT2D eigenvalue weighted by molar-refractivity contribution is 6.31. The van der Waals surface area contributed by atoms with E-state index >= 15 is 0 Å². The van der Waals surface area contributed by atoms with E-state index < -0.39 is 23.4 Å². The van der Waals surface area contributed by atoms with E-state index in [1.807, 2.05) is 6.07 Å². The first kappa shape index (κ1) is 14.9. The highest BCUT2D eigenvalue weighted by atomic mass is 35.5. The van der Waals surface area contributed by atoms with Crippen LogP contribution in [0.15, 0.2) is 30.3 Å². The predicted octanol–water partition coefficient (Wildman–Crippen LogP) is 3.88. The Hall–Kier alpha value is -2.52. The zero-order valence-electron chi connectivity index (χ0n) is 10.3. The summed E-state index contributed by atoms with van der Waals surface area (Å²) >= 11 is 5.73. The lowest BCUT2D eigenvalue weighted by atomic mass is 10.1. The minimum Gasteiger partial charge on any atom is -0.322 e.